The predicted octanol–water partition coefficient (Wildman–Crippen LogP) is 2.29. The van der Waals surface area contributed by atoms with E-state index in [9.17, 15) is 9.59 Å². The summed E-state index contributed by atoms with van der Waals surface area (Å²) < 4.78 is 3.82. The van der Waals surface area contributed by atoms with E-state index in [0.29, 0.717) is 19.6 Å². The van der Waals surface area contributed by atoms with Gasteiger partial charge in [-0.05, 0) is 24.6 Å². The molecule has 1 heterocycles. The first kappa shape index (κ1) is 15.6. The zero-order chi connectivity index (χ0) is 15.2. The molecule has 1 N–H and O–H groups in total. The summed E-state index contributed by atoms with van der Waals surface area (Å²) >= 11 is 3.40. The Hall–Kier alpha value is -1.82. The van der Waals surface area contributed by atoms with E-state index >= 15 is 0 Å². The highest BCUT2D eigenvalue weighted by Gasteiger charge is 2.04. The molecular weight excluding hydrogens is 334 g/mol. The third-order valence-corrected chi connectivity index (χ3v) is 3.59. The highest BCUT2D eigenvalue weighted by Crippen LogP contribution is 2.15. The van der Waals surface area contributed by atoms with Crippen LogP contribution in [0, 0.1) is 0 Å². The highest BCUT2D eigenvalue weighted by atomic mass is 79.9. The molecule has 2 aromatic rings. The third kappa shape index (κ3) is 4.07. The monoisotopic (exact) mass is 351 g/mol. The summed E-state index contributed by atoms with van der Waals surface area (Å²) in [5.74, 6) is 0. The summed E-state index contributed by atoms with van der Waals surface area (Å²) in [5, 5.41) is 3.20. The number of hydrogen-bond donors (Lipinski definition) is 1. The molecule has 21 heavy (non-hydrogen) atoms. The summed E-state index contributed by atoms with van der Waals surface area (Å²) in [6.45, 7) is 3.48. The Morgan fingerprint density at radius 3 is 2.71 bits per heavy atom. The van der Waals surface area contributed by atoms with E-state index in [1.807, 2.05) is 31.2 Å². The van der Waals surface area contributed by atoms with E-state index in [2.05, 4.69) is 21.2 Å². The van der Waals surface area contributed by atoms with Gasteiger partial charge in [0.05, 0.1) is 0 Å². The highest BCUT2D eigenvalue weighted by molar-refractivity contribution is 9.10. The zero-order valence-electron chi connectivity index (χ0n) is 11.9. The molecule has 0 radical (unpaired) electrons. The standard InChI is InChI=1S/C15H18BrN3O2/c1-2-8-18-9-6-14(20)19(15(18)21)10-7-17-13-5-3-4-12(16)11-13/h3-6,9,11,17H,2,7-8,10H2,1H3. The van der Waals surface area contributed by atoms with Crippen LogP contribution in [0.15, 0.2) is 50.6 Å². The molecular formula is C15H18BrN3O2. The first-order valence-electron chi connectivity index (χ1n) is 6.91. The van der Waals surface area contributed by atoms with E-state index in [-0.39, 0.29) is 11.2 Å². The lowest BCUT2D eigenvalue weighted by molar-refractivity contribution is 0.555. The molecule has 0 bridgehead atoms. The fourth-order valence-corrected chi connectivity index (χ4v) is 2.48. The molecule has 0 fully saturated rings. The lowest BCUT2D eigenvalue weighted by Gasteiger charge is -2.10. The molecule has 0 saturated carbocycles. The molecule has 112 valence electrons. The maximum absolute atomic E-state index is 12.2. The van der Waals surface area contributed by atoms with Gasteiger partial charge in [0.2, 0.25) is 0 Å². The van der Waals surface area contributed by atoms with Gasteiger partial charge in [0, 0.05) is 42.1 Å². The van der Waals surface area contributed by atoms with Crippen LogP contribution >= 0.6 is 15.9 Å². The maximum Gasteiger partial charge on any atom is 0.331 e. The number of nitrogens with zero attached hydrogens (tertiary/aromatic N) is 2. The topological polar surface area (TPSA) is 56.0 Å². The van der Waals surface area contributed by atoms with Crippen LogP contribution in [0.4, 0.5) is 5.69 Å². The predicted molar refractivity (Wildman–Crippen MR) is 87.9 cm³/mol. The Bertz CT molecular complexity index is 721. The summed E-state index contributed by atoms with van der Waals surface area (Å²) in [6.07, 6.45) is 2.42. The zero-order valence-corrected chi connectivity index (χ0v) is 13.5. The Labute approximate surface area is 131 Å². The van der Waals surface area contributed by atoms with Crippen LogP contribution in [-0.4, -0.2) is 15.7 Å². The quantitative estimate of drug-likeness (QED) is 0.868. The van der Waals surface area contributed by atoms with Crippen LogP contribution in [0.2, 0.25) is 0 Å². The number of aromatic nitrogens is 2. The van der Waals surface area contributed by atoms with Crippen molar-refractivity contribution in [1.29, 1.82) is 0 Å². The molecule has 0 aliphatic heterocycles. The van der Waals surface area contributed by atoms with Gasteiger partial charge >= 0.3 is 5.69 Å². The van der Waals surface area contributed by atoms with Crippen molar-refractivity contribution in [2.75, 3.05) is 11.9 Å². The van der Waals surface area contributed by atoms with Crippen LogP contribution in [0.3, 0.4) is 0 Å². The van der Waals surface area contributed by atoms with Crippen LogP contribution in [0.1, 0.15) is 13.3 Å². The maximum atomic E-state index is 12.2. The van der Waals surface area contributed by atoms with Gasteiger partial charge < -0.3 is 9.88 Å². The van der Waals surface area contributed by atoms with Gasteiger partial charge in [-0.1, -0.05) is 28.9 Å². The normalized spacial score (nSPS) is 10.6. The number of rotatable bonds is 6. The van der Waals surface area contributed by atoms with Gasteiger partial charge in [0.1, 0.15) is 0 Å². The molecule has 0 saturated heterocycles. The van der Waals surface area contributed by atoms with Crippen molar-refractivity contribution < 1.29 is 0 Å². The van der Waals surface area contributed by atoms with Crippen LogP contribution in [-0.2, 0) is 13.1 Å². The molecule has 0 atom stereocenters. The molecule has 5 nitrogen and oxygen atoms in total. The summed E-state index contributed by atoms with van der Waals surface area (Å²) in [5.41, 5.74) is 0.436. The van der Waals surface area contributed by atoms with E-state index < -0.39 is 0 Å². The molecule has 1 aromatic carbocycles. The van der Waals surface area contributed by atoms with E-state index in [4.69, 9.17) is 0 Å². The second kappa shape index (κ2) is 7.26. The molecule has 2 rings (SSSR count). The first-order chi connectivity index (χ1) is 10.1. The average Bonchev–Trinajstić information content (AvgIpc) is 2.46. The van der Waals surface area contributed by atoms with Crippen molar-refractivity contribution in [3.8, 4) is 0 Å². The number of nitrogens with one attached hydrogen (secondary N) is 1. The average molecular weight is 352 g/mol. The van der Waals surface area contributed by atoms with Crippen LogP contribution in [0.25, 0.3) is 0 Å². The van der Waals surface area contributed by atoms with Crippen LogP contribution < -0.4 is 16.6 Å². The molecule has 6 heteroatoms. The van der Waals surface area contributed by atoms with Gasteiger partial charge in [0.15, 0.2) is 0 Å². The van der Waals surface area contributed by atoms with Crippen molar-refractivity contribution in [3.05, 3.63) is 61.8 Å². The number of benzene rings is 1. The third-order valence-electron chi connectivity index (χ3n) is 3.09. The van der Waals surface area contributed by atoms with Crippen molar-refractivity contribution in [3.63, 3.8) is 0 Å². The van der Waals surface area contributed by atoms with Gasteiger partial charge in [-0.15, -0.1) is 0 Å². The van der Waals surface area contributed by atoms with Gasteiger partial charge in [0.25, 0.3) is 5.56 Å². The molecule has 0 aliphatic rings. The number of aryl methyl sites for hydroxylation is 1. The van der Waals surface area contributed by atoms with Gasteiger partial charge in [-0.2, -0.15) is 0 Å². The Kier molecular flexibility index (Phi) is 5.38. The minimum Gasteiger partial charge on any atom is -0.383 e. The summed E-state index contributed by atoms with van der Waals surface area (Å²) in [6, 6.07) is 9.19. The fourth-order valence-electron chi connectivity index (χ4n) is 2.08. The van der Waals surface area contributed by atoms with E-state index in [0.717, 1.165) is 16.6 Å². The Morgan fingerprint density at radius 2 is 2.00 bits per heavy atom. The first-order valence-corrected chi connectivity index (χ1v) is 7.71. The molecule has 0 aliphatic carbocycles. The number of halogens is 1. The van der Waals surface area contributed by atoms with E-state index in [1.165, 1.54) is 10.6 Å². The van der Waals surface area contributed by atoms with Gasteiger partial charge in [-0.25, -0.2) is 4.79 Å². The number of anilines is 1. The molecule has 0 amide bonds. The van der Waals surface area contributed by atoms with Crippen molar-refractivity contribution in [2.24, 2.45) is 0 Å². The Morgan fingerprint density at radius 1 is 1.19 bits per heavy atom. The summed E-state index contributed by atoms with van der Waals surface area (Å²) in [7, 11) is 0. The molecule has 0 spiro atoms. The second-order valence-electron chi connectivity index (χ2n) is 4.72. The smallest absolute Gasteiger partial charge is 0.331 e. The van der Waals surface area contributed by atoms with Crippen LogP contribution in [0.5, 0.6) is 0 Å². The Balaban J connectivity index is 2.08. The SMILES string of the molecule is CCCn1ccc(=O)n(CCNc2cccc(Br)c2)c1=O. The summed E-state index contributed by atoms with van der Waals surface area (Å²) in [4.78, 5) is 24.0. The minimum atomic E-state index is -0.261. The van der Waals surface area contributed by atoms with E-state index in [1.54, 1.807) is 10.8 Å². The fraction of sp³-hybridized carbons (Fsp3) is 0.333. The van der Waals surface area contributed by atoms with Crippen molar-refractivity contribution >= 4 is 21.6 Å². The second-order valence-corrected chi connectivity index (χ2v) is 5.63. The van der Waals surface area contributed by atoms with Crippen molar-refractivity contribution in [1.82, 2.24) is 9.13 Å². The lowest BCUT2D eigenvalue weighted by atomic mass is 10.3. The minimum absolute atomic E-state index is 0.250. The molecule has 1 aromatic heterocycles. The largest absolute Gasteiger partial charge is 0.383 e. The molecule has 0 unspecified atom stereocenters. The number of hydrogen-bond acceptors (Lipinski definition) is 3. The van der Waals surface area contributed by atoms with Gasteiger partial charge in [-0.3, -0.25) is 9.36 Å². The lowest BCUT2D eigenvalue weighted by Crippen LogP contribution is -2.40. The van der Waals surface area contributed by atoms with Crippen molar-refractivity contribution in [2.45, 2.75) is 26.4 Å².